The highest BCUT2D eigenvalue weighted by Gasteiger charge is 2.44. The van der Waals surface area contributed by atoms with Gasteiger partial charge in [-0.3, -0.25) is 9.69 Å². The summed E-state index contributed by atoms with van der Waals surface area (Å²) in [6.45, 7) is 7.77. The van der Waals surface area contributed by atoms with E-state index in [1.54, 1.807) is 0 Å². The van der Waals surface area contributed by atoms with E-state index < -0.39 is 5.54 Å². The Kier molecular flexibility index (Phi) is 4.25. The third-order valence-corrected chi connectivity index (χ3v) is 4.49. The molecule has 2 atom stereocenters. The van der Waals surface area contributed by atoms with Gasteiger partial charge in [-0.1, -0.05) is 6.92 Å². The van der Waals surface area contributed by atoms with Crippen molar-refractivity contribution in [2.75, 3.05) is 39.8 Å². The molecule has 0 bridgehead atoms. The van der Waals surface area contributed by atoms with Crippen LogP contribution in [0.3, 0.4) is 0 Å². The topological polar surface area (TPSA) is 58.8 Å². The zero-order chi connectivity index (χ0) is 13.2. The van der Waals surface area contributed by atoms with Crippen molar-refractivity contribution in [3.8, 4) is 0 Å². The first-order valence-electron chi connectivity index (χ1n) is 6.93. The van der Waals surface area contributed by atoms with E-state index in [1.807, 2.05) is 0 Å². The van der Waals surface area contributed by atoms with Gasteiger partial charge < -0.3 is 15.4 Å². The van der Waals surface area contributed by atoms with Crippen molar-refractivity contribution in [3.63, 3.8) is 0 Å². The molecule has 1 saturated heterocycles. The minimum absolute atomic E-state index is 0.253. The first-order chi connectivity index (χ1) is 8.59. The summed E-state index contributed by atoms with van der Waals surface area (Å²) in [6, 6.07) is 0.452. The van der Waals surface area contributed by atoms with Crippen LogP contribution in [0, 0.1) is 0 Å². The molecule has 104 valence electrons. The van der Waals surface area contributed by atoms with E-state index in [2.05, 4.69) is 16.7 Å². The molecule has 2 rings (SSSR count). The van der Waals surface area contributed by atoms with Crippen LogP contribution in [0.5, 0.6) is 0 Å². The maximum Gasteiger partial charge on any atom is 0.325 e. The number of nitrogens with zero attached hydrogens (tertiary/aromatic N) is 2. The molecule has 18 heavy (non-hydrogen) atoms. The number of carbonyl (C=O) groups excluding carboxylic acids is 1. The number of hydrogen-bond acceptors (Lipinski definition) is 5. The van der Waals surface area contributed by atoms with E-state index in [9.17, 15) is 4.79 Å². The van der Waals surface area contributed by atoms with E-state index >= 15 is 0 Å². The summed E-state index contributed by atoms with van der Waals surface area (Å²) in [5.41, 5.74) is 5.40. The Morgan fingerprint density at radius 2 is 2.06 bits per heavy atom. The predicted octanol–water partition coefficient (Wildman–Crippen LogP) is 0.0469. The van der Waals surface area contributed by atoms with Gasteiger partial charge in [-0.15, -0.1) is 0 Å². The van der Waals surface area contributed by atoms with Crippen molar-refractivity contribution in [1.29, 1.82) is 0 Å². The molecule has 0 amide bonds. The number of rotatable bonds is 3. The van der Waals surface area contributed by atoms with Gasteiger partial charge in [0.25, 0.3) is 0 Å². The van der Waals surface area contributed by atoms with Crippen LogP contribution in [-0.4, -0.2) is 67.2 Å². The molecule has 0 aromatic rings. The number of hydrogen-bond donors (Lipinski definition) is 1. The average Bonchev–Trinajstić information content (AvgIpc) is 2.82. The molecule has 2 fully saturated rings. The molecule has 5 nitrogen and oxygen atoms in total. The van der Waals surface area contributed by atoms with Crippen molar-refractivity contribution in [3.05, 3.63) is 0 Å². The molecule has 0 aromatic heterocycles. The quantitative estimate of drug-likeness (QED) is 0.722. The molecule has 1 aliphatic heterocycles. The lowest BCUT2D eigenvalue weighted by molar-refractivity contribution is -0.147. The van der Waals surface area contributed by atoms with E-state index in [0.717, 1.165) is 52.0 Å². The van der Waals surface area contributed by atoms with E-state index in [1.165, 1.54) is 7.11 Å². The second kappa shape index (κ2) is 5.55. The van der Waals surface area contributed by atoms with E-state index in [4.69, 9.17) is 10.5 Å². The summed E-state index contributed by atoms with van der Waals surface area (Å²) >= 11 is 0. The van der Waals surface area contributed by atoms with Crippen molar-refractivity contribution in [1.82, 2.24) is 9.80 Å². The maximum absolute atomic E-state index is 11.7. The van der Waals surface area contributed by atoms with Crippen LogP contribution in [0.15, 0.2) is 0 Å². The minimum Gasteiger partial charge on any atom is -0.468 e. The maximum atomic E-state index is 11.7. The molecule has 2 unspecified atom stereocenters. The van der Waals surface area contributed by atoms with Crippen molar-refractivity contribution >= 4 is 5.97 Å². The lowest BCUT2D eigenvalue weighted by atomic mass is 9.99. The summed E-state index contributed by atoms with van der Waals surface area (Å²) in [4.78, 5) is 16.6. The van der Waals surface area contributed by atoms with Gasteiger partial charge in [0, 0.05) is 32.2 Å². The van der Waals surface area contributed by atoms with Crippen LogP contribution in [0.4, 0.5) is 0 Å². The summed E-state index contributed by atoms with van der Waals surface area (Å²) < 4.78 is 4.82. The number of ether oxygens (including phenoxy) is 1. The molecule has 5 heteroatoms. The first kappa shape index (κ1) is 13.8. The Labute approximate surface area is 109 Å². The summed E-state index contributed by atoms with van der Waals surface area (Å²) in [7, 11) is 1.42. The Hall–Kier alpha value is -0.650. The van der Waals surface area contributed by atoms with Crippen molar-refractivity contribution < 1.29 is 9.53 Å². The summed E-state index contributed by atoms with van der Waals surface area (Å²) in [5.74, 6) is -0.253. The smallest absolute Gasteiger partial charge is 0.325 e. The van der Waals surface area contributed by atoms with Gasteiger partial charge >= 0.3 is 5.97 Å². The average molecular weight is 255 g/mol. The van der Waals surface area contributed by atoms with Crippen molar-refractivity contribution in [2.45, 2.75) is 37.8 Å². The fourth-order valence-corrected chi connectivity index (χ4v) is 3.19. The fourth-order valence-electron chi connectivity index (χ4n) is 3.19. The molecule has 2 aliphatic rings. The molecule has 0 spiro atoms. The van der Waals surface area contributed by atoms with E-state index in [0.29, 0.717) is 6.04 Å². The van der Waals surface area contributed by atoms with Crippen LogP contribution in [0.1, 0.15) is 26.2 Å². The van der Waals surface area contributed by atoms with Gasteiger partial charge in [-0.2, -0.15) is 0 Å². The van der Waals surface area contributed by atoms with Gasteiger partial charge in [0.05, 0.1) is 7.11 Å². The van der Waals surface area contributed by atoms with Gasteiger partial charge in [-0.05, 0) is 25.8 Å². The highest BCUT2D eigenvalue weighted by atomic mass is 16.5. The minimum atomic E-state index is -0.749. The molecule has 0 aromatic carbocycles. The van der Waals surface area contributed by atoms with Gasteiger partial charge in [0.2, 0.25) is 0 Å². The molecule has 1 aliphatic carbocycles. The van der Waals surface area contributed by atoms with Crippen LogP contribution in [-0.2, 0) is 9.53 Å². The zero-order valence-corrected chi connectivity index (χ0v) is 11.5. The first-order valence-corrected chi connectivity index (χ1v) is 6.93. The molecular formula is C13H25N3O2. The highest BCUT2D eigenvalue weighted by Crippen LogP contribution is 2.32. The monoisotopic (exact) mass is 255 g/mol. The molecule has 2 N–H and O–H groups in total. The molecule has 0 radical (unpaired) electrons. The lowest BCUT2D eigenvalue weighted by Gasteiger charge is -2.38. The van der Waals surface area contributed by atoms with Crippen molar-refractivity contribution in [2.24, 2.45) is 5.73 Å². The molecule has 1 saturated carbocycles. The largest absolute Gasteiger partial charge is 0.468 e. The van der Waals surface area contributed by atoms with Crippen LogP contribution in [0.25, 0.3) is 0 Å². The second-order valence-electron chi connectivity index (χ2n) is 5.51. The summed E-state index contributed by atoms with van der Waals surface area (Å²) in [5, 5.41) is 0. The van der Waals surface area contributed by atoms with Gasteiger partial charge in [-0.25, -0.2) is 0 Å². The number of methoxy groups -OCH3 is 1. The Morgan fingerprint density at radius 3 is 2.61 bits per heavy atom. The summed E-state index contributed by atoms with van der Waals surface area (Å²) in [6.07, 6.45) is 2.50. The Balaban J connectivity index is 1.88. The number of nitrogens with two attached hydrogens (primary N) is 1. The standard InChI is InChI=1S/C13H25N3O2/c1-3-15-6-8-16(9-7-15)11-4-5-13(14,10-11)12(17)18-2/h11H,3-10,14H2,1-2H3. The number of piperazine rings is 1. The van der Waals surface area contributed by atoms with Crippen LogP contribution < -0.4 is 5.73 Å². The molecule has 1 heterocycles. The van der Waals surface area contributed by atoms with Gasteiger partial charge in [0.15, 0.2) is 0 Å². The zero-order valence-electron chi connectivity index (χ0n) is 11.5. The Bertz CT molecular complexity index is 303. The number of likely N-dealkylation sites (N-methyl/N-ethyl adjacent to an activating group) is 1. The fraction of sp³-hybridized carbons (Fsp3) is 0.923. The van der Waals surface area contributed by atoms with Gasteiger partial charge in [0.1, 0.15) is 5.54 Å². The predicted molar refractivity (Wildman–Crippen MR) is 70.3 cm³/mol. The Morgan fingerprint density at radius 1 is 1.39 bits per heavy atom. The highest BCUT2D eigenvalue weighted by molar-refractivity contribution is 5.81. The normalized spacial score (nSPS) is 34.7. The SMILES string of the molecule is CCN1CCN(C2CCC(N)(C(=O)OC)C2)CC1. The van der Waals surface area contributed by atoms with Crippen LogP contribution >= 0.6 is 0 Å². The van der Waals surface area contributed by atoms with Crippen LogP contribution in [0.2, 0.25) is 0 Å². The second-order valence-corrected chi connectivity index (χ2v) is 5.51. The molecular weight excluding hydrogens is 230 g/mol. The number of carbonyl (C=O) groups is 1. The lowest BCUT2D eigenvalue weighted by Crippen LogP contribution is -2.52. The van der Waals surface area contributed by atoms with E-state index in [-0.39, 0.29) is 5.97 Å². The third kappa shape index (κ3) is 2.68. The number of esters is 1. The third-order valence-electron chi connectivity index (χ3n) is 4.49.